The first-order valence-electron chi connectivity index (χ1n) is 8.32. The molecule has 0 saturated heterocycles. The number of hydrogen-bond donors (Lipinski definition) is 1. The fourth-order valence-corrected chi connectivity index (χ4v) is 3.76. The molecule has 4 aromatic rings. The second kappa shape index (κ2) is 7.09. The molecule has 6 heteroatoms. The predicted molar refractivity (Wildman–Crippen MR) is 102 cm³/mol. The number of rotatable bonds is 5. The Labute approximate surface area is 154 Å². The second-order valence-electron chi connectivity index (χ2n) is 5.97. The average Bonchev–Trinajstić information content (AvgIpc) is 3.25. The van der Waals surface area contributed by atoms with Crippen molar-refractivity contribution in [1.29, 1.82) is 0 Å². The van der Waals surface area contributed by atoms with Gasteiger partial charge in [0, 0.05) is 15.8 Å². The van der Waals surface area contributed by atoms with Gasteiger partial charge in [0.1, 0.15) is 10.7 Å². The number of fused-ring (bicyclic) bond motifs is 1. The molecule has 130 valence electrons. The van der Waals surface area contributed by atoms with E-state index in [2.05, 4.69) is 15.5 Å². The summed E-state index contributed by atoms with van der Waals surface area (Å²) >= 11 is 1.61. The molecule has 0 bridgehead atoms. The molecule has 0 radical (unpaired) electrons. The number of amides is 1. The van der Waals surface area contributed by atoms with E-state index in [1.165, 1.54) is 0 Å². The molecular weight excluding hydrogens is 346 g/mol. The molecule has 0 atom stereocenters. The van der Waals surface area contributed by atoms with E-state index >= 15 is 0 Å². The number of benzene rings is 2. The van der Waals surface area contributed by atoms with E-state index in [1.807, 2.05) is 61.5 Å². The first-order valence-corrected chi connectivity index (χ1v) is 9.14. The fraction of sp³-hybridized carbons (Fsp3) is 0.150. The monoisotopic (exact) mass is 363 g/mol. The number of nitrogens with zero attached hydrogens (tertiary/aromatic N) is 2. The minimum atomic E-state index is -0.0851. The minimum absolute atomic E-state index is 0.0851. The third kappa shape index (κ3) is 3.36. The van der Waals surface area contributed by atoms with Crippen LogP contribution in [0, 0.1) is 6.92 Å². The maximum absolute atomic E-state index is 12.3. The van der Waals surface area contributed by atoms with Gasteiger partial charge in [-0.1, -0.05) is 47.6 Å². The summed E-state index contributed by atoms with van der Waals surface area (Å²) in [4.78, 5) is 18.0. The second-order valence-corrected chi connectivity index (χ2v) is 7.06. The quantitative estimate of drug-likeness (QED) is 0.579. The van der Waals surface area contributed by atoms with Crippen LogP contribution in [-0.4, -0.2) is 16.0 Å². The Bertz CT molecular complexity index is 1050. The van der Waals surface area contributed by atoms with Gasteiger partial charge in [-0.05, 0) is 19.1 Å². The first-order chi connectivity index (χ1) is 12.7. The van der Waals surface area contributed by atoms with E-state index in [-0.39, 0.29) is 12.3 Å². The molecule has 2 aromatic heterocycles. The fourth-order valence-electron chi connectivity index (χ4n) is 2.76. The number of thiazole rings is 1. The van der Waals surface area contributed by atoms with Crippen molar-refractivity contribution in [2.45, 2.75) is 19.9 Å². The largest absolute Gasteiger partial charge is 0.356 e. The van der Waals surface area contributed by atoms with Gasteiger partial charge in [0.25, 0.3) is 0 Å². The van der Waals surface area contributed by atoms with Gasteiger partial charge in [0.05, 0.1) is 18.7 Å². The Balaban J connectivity index is 1.42. The van der Waals surface area contributed by atoms with Crippen LogP contribution in [0.4, 0.5) is 0 Å². The summed E-state index contributed by atoms with van der Waals surface area (Å²) in [5.74, 6) is -0.0851. The lowest BCUT2D eigenvalue weighted by Gasteiger charge is -2.02. The molecular formula is C20H17N3O2S. The molecule has 0 aliphatic rings. The summed E-state index contributed by atoms with van der Waals surface area (Å²) in [7, 11) is 0. The predicted octanol–water partition coefficient (Wildman–Crippen LogP) is 4.12. The van der Waals surface area contributed by atoms with Crippen molar-refractivity contribution in [2.75, 3.05) is 0 Å². The molecule has 0 aliphatic heterocycles. The van der Waals surface area contributed by atoms with Gasteiger partial charge in [-0.15, -0.1) is 11.3 Å². The lowest BCUT2D eigenvalue weighted by molar-refractivity contribution is -0.120. The molecule has 1 amide bonds. The molecule has 26 heavy (non-hydrogen) atoms. The highest BCUT2D eigenvalue weighted by Gasteiger charge is 2.14. The zero-order chi connectivity index (χ0) is 17.9. The highest BCUT2D eigenvalue weighted by atomic mass is 32.1. The van der Waals surface area contributed by atoms with Crippen LogP contribution in [-0.2, 0) is 17.8 Å². The van der Waals surface area contributed by atoms with Gasteiger partial charge < -0.3 is 9.84 Å². The molecule has 0 aliphatic carbocycles. The van der Waals surface area contributed by atoms with Crippen LogP contribution >= 0.6 is 11.3 Å². The first kappa shape index (κ1) is 16.5. The van der Waals surface area contributed by atoms with E-state index in [0.29, 0.717) is 17.8 Å². The number of aromatic nitrogens is 2. The molecule has 1 N–H and O–H groups in total. The van der Waals surface area contributed by atoms with E-state index in [4.69, 9.17) is 4.52 Å². The number of para-hydroxylation sites is 1. The zero-order valence-electron chi connectivity index (χ0n) is 14.2. The van der Waals surface area contributed by atoms with Gasteiger partial charge in [-0.2, -0.15) is 0 Å². The highest BCUT2D eigenvalue weighted by Crippen LogP contribution is 2.27. The van der Waals surface area contributed by atoms with Crippen LogP contribution in [0.2, 0.25) is 0 Å². The van der Waals surface area contributed by atoms with Crippen LogP contribution in [0.1, 0.15) is 16.3 Å². The van der Waals surface area contributed by atoms with Crippen molar-refractivity contribution in [3.8, 4) is 10.6 Å². The number of aryl methyl sites for hydroxylation is 1. The van der Waals surface area contributed by atoms with Crippen molar-refractivity contribution in [2.24, 2.45) is 0 Å². The van der Waals surface area contributed by atoms with E-state index in [1.54, 1.807) is 11.3 Å². The SMILES string of the molecule is Cc1nc(-c2ccccc2)sc1CNC(=O)Cc1noc2ccccc12. The number of nitrogens with one attached hydrogen (secondary N) is 1. The normalized spacial score (nSPS) is 11.0. The van der Waals surface area contributed by atoms with Gasteiger partial charge in [0.15, 0.2) is 5.58 Å². The Morgan fingerprint density at radius 1 is 1.12 bits per heavy atom. The summed E-state index contributed by atoms with van der Waals surface area (Å²) in [6, 6.07) is 17.6. The summed E-state index contributed by atoms with van der Waals surface area (Å²) in [6.07, 6.45) is 0.195. The van der Waals surface area contributed by atoms with Crippen LogP contribution in [0.25, 0.3) is 21.5 Å². The van der Waals surface area contributed by atoms with Crippen molar-refractivity contribution in [3.63, 3.8) is 0 Å². The molecule has 0 fully saturated rings. The van der Waals surface area contributed by atoms with Crippen LogP contribution in [0.3, 0.4) is 0 Å². The Hall–Kier alpha value is -2.99. The van der Waals surface area contributed by atoms with Crippen molar-refractivity contribution in [3.05, 3.63) is 70.9 Å². The molecule has 4 rings (SSSR count). The smallest absolute Gasteiger partial charge is 0.226 e. The van der Waals surface area contributed by atoms with Crippen LogP contribution in [0.5, 0.6) is 0 Å². The highest BCUT2D eigenvalue weighted by molar-refractivity contribution is 7.15. The van der Waals surface area contributed by atoms with Gasteiger partial charge in [-0.3, -0.25) is 4.79 Å². The van der Waals surface area contributed by atoms with E-state index < -0.39 is 0 Å². The minimum Gasteiger partial charge on any atom is -0.356 e. The van der Waals surface area contributed by atoms with Crippen LogP contribution in [0.15, 0.2) is 59.1 Å². The molecule has 2 heterocycles. The number of hydrogen-bond acceptors (Lipinski definition) is 5. The average molecular weight is 363 g/mol. The molecule has 2 aromatic carbocycles. The molecule has 0 unspecified atom stereocenters. The maximum Gasteiger partial charge on any atom is 0.226 e. The van der Waals surface area contributed by atoms with Crippen molar-refractivity contribution in [1.82, 2.24) is 15.5 Å². The maximum atomic E-state index is 12.3. The number of carbonyl (C=O) groups excluding carboxylic acids is 1. The Morgan fingerprint density at radius 2 is 1.88 bits per heavy atom. The third-order valence-corrected chi connectivity index (χ3v) is 5.35. The summed E-state index contributed by atoms with van der Waals surface area (Å²) < 4.78 is 5.25. The standard InChI is InChI=1S/C20H17N3O2S/c1-13-18(26-20(22-13)14-7-3-2-4-8-14)12-21-19(24)11-16-15-9-5-6-10-17(15)25-23-16/h2-10H,11-12H2,1H3,(H,21,24). The van der Waals surface area contributed by atoms with E-state index in [9.17, 15) is 4.79 Å². The Morgan fingerprint density at radius 3 is 2.73 bits per heavy atom. The number of carbonyl (C=O) groups is 1. The molecule has 0 spiro atoms. The topological polar surface area (TPSA) is 68.0 Å². The van der Waals surface area contributed by atoms with Crippen molar-refractivity contribution < 1.29 is 9.32 Å². The summed E-state index contributed by atoms with van der Waals surface area (Å²) in [5.41, 5.74) is 3.39. The van der Waals surface area contributed by atoms with Gasteiger partial charge in [0.2, 0.25) is 5.91 Å². The lowest BCUT2D eigenvalue weighted by Crippen LogP contribution is -2.24. The summed E-state index contributed by atoms with van der Waals surface area (Å²) in [5, 5.41) is 8.81. The molecule has 0 saturated carbocycles. The third-order valence-electron chi connectivity index (χ3n) is 4.14. The van der Waals surface area contributed by atoms with Gasteiger partial charge >= 0.3 is 0 Å². The van der Waals surface area contributed by atoms with Gasteiger partial charge in [-0.25, -0.2) is 4.98 Å². The Kier molecular flexibility index (Phi) is 4.50. The van der Waals surface area contributed by atoms with Crippen LogP contribution < -0.4 is 5.32 Å². The summed E-state index contributed by atoms with van der Waals surface area (Å²) in [6.45, 7) is 2.43. The zero-order valence-corrected chi connectivity index (χ0v) is 15.0. The molecule has 5 nitrogen and oxygen atoms in total. The van der Waals surface area contributed by atoms with Crippen molar-refractivity contribution >= 4 is 28.2 Å². The van der Waals surface area contributed by atoms with E-state index in [0.717, 1.165) is 26.5 Å². The lowest BCUT2D eigenvalue weighted by atomic mass is 10.1.